The van der Waals surface area contributed by atoms with Crippen LogP contribution in [0.3, 0.4) is 0 Å². The van der Waals surface area contributed by atoms with E-state index in [1.807, 2.05) is 24.4 Å². The van der Waals surface area contributed by atoms with Crippen molar-refractivity contribution in [3.63, 3.8) is 0 Å². The van der Waals surface area contributed by atoms with Gasteiger partial charge in [-0.3, -0.25) is 4.98 Å². The lowest BCUT2D eigenvalue weighted by Crippen LogP contribution is -2.30. The van der Waals surface area contributed by atoms with E-state index in [9.17, 15) is 4.79 Å². The van der Waals surface area contributed by atoms with Crippen molar-refractivity contribution in [3.8, 4) is 0 Å². The molecule has 23 heavy (non-hydrogen) atoms. The van der Waals surface area contributed by atoms with Gasteiger partial charge in [-0.1, -0.05) is 30.4 Å². The Kier molecular flexibility index (Phi) is 3.37. The van der Waals surface area contributed by atoms with Crippen LogP contribution in [0.2, 0.25) is 0 Å². The van der Waals surface area contributed by atoms with Gasteiger partial charge in [0.25, 0.3) is 0 Å². The fourth-order valence-electron chi connectivity index (χ4n) is 3.79. The topological polar surface area (TPSA) is 51.2 Å². The summed E-state index contributed by atoms with van der Waals surface area (Å²) in [6.45, 7) is 0. The van der Waals surface area contributed by atoms with Crippen LogP contribution in [0.5, 0.6) is 0 Å². The first-order valence-corrected chi connectivity index (χ1v) is 7.84. The number of carbonyl (C=O) groups excluding carboxylic acids is 1. The van der Waals surface area contributed by atoms with E-state index < -0.39 is 0 Å². The van der Waals surface area contributed by atoms with Crippen molar-refractivity contribution in [1.29, 1.82) is 0 Å². The van der Waals surface area contributed by atoms with Gasteiger partial charge in [-0.2, -0.15) is 0 Å². The van der Waals surface area contributed by atoms with Crippen LogP contribution in [0.15, 0.2) is 54.9 Å². The fraction of sp³-hybridized carbons (Fsp3) is 0.263. The van der Waals surface area contributed by atoms with E-state index in [1.54, 1.807) is 6.20 Å². The van der Waals surface area contributed by atoms with Crippen molar-refractivity contribution >= 4 is 11.7 Å². The molecule has 0 saturated carbocycles. The number of nitrogens with zero attached hydrogens (tertiary/aromatic N) is 1. The summed E-state index contributed by atoms with van der Waals surface area (Å²) in [6.07, 6.45) is 9.21. The first-order chi connectivity index (χ1) is 11.3. The number of ether oxygens (including phenoxy) is 1. The van der Waals surface area contributed by atoms with Gasteiger partial charge in [0, 0.05) is 18.3 Å². The maximum absolute atomic E-state index is 12.1. The van der Waals surface area contributed by atoms with Crippen LogP contribution in [-0.4, -0.2) is 18.1 Å². The lowest BCUT2D eigenvalue weighted by molar-refractivity contribution is 0.0601. The largest absolute Gasteiger partial charge is 0.465 e. The van der Waals surface area contributed by atoms with E-state index in [0.29, 0.717) is 17.4 Å². The van der Waals surface area contributed by atoms with Gasteiger partial charge in [0.05, 0.1) is 24.4 Å². The van der Waals surface area contributed by atoms with Crippen LogP contribution in [0.4, 0.5) is 5.69 Å². The number of para-hydroxylation sites is 1. The molecule has 0 radical (unpaired) electrons. The van der Waals surface area contributed by atoms with Crippen LogP contribution < -0.4 is 5.32 Å². The van der Waals surface area contributed by atoms with Crippen molar-refractivity contribution in [2.24, 2.45) is 5.92 Å². The van der Waals surface area contributed by atoms with E-state index in [4.69, 9.17) is 4.74 Å². The normalized spacial score (nSPS) is 24.5. The molecule has 0 spiro atoms. The smallest absolute Gasteiger partial charge is 0.339 e. The van der Waals surface area contributed by atoms with E-state index in [0.717, 1.165) is 17.7 Å². The second kappa shape index (κ2) is 5.54. The monoisotopic (exact) mass is 306 g/mol. The molecule has 1 aromatic heterocycles. The molecular weight excluding hydrogens is 288 g/mol. The number of esters is 1. The van der Waals surface area contributed by atoms with Gasteiger partial charge in [-0.05, 0) is 35.6 Å². The van der Waals surface area contributed by atoms with E-state index in [-0.39, 0.29) is 12.0 Å². The molecule has 0 bridgehead atoms. The lowest BCUT2D eigenvalue weighted by Gasteiger charge is -2.38. The summed E-state index contributed by atoms with van der Waals surface area (Å²) in [4.78, 5) is 16.4. The van der Waals surface area contributed by atoms with Gasteiger partial charge >= 0.3 is 5.97 Å². The molecule has 2 aliphatic rings. The summed E-state index contributed by atoms with van der Waals surface area (Å²) in [5.41, 5.74) is 3.81. The SMILES string of the molecule is COC(=O)c1cccc2c1N[C@@H](c1cccnc1)[C@H]1CC=C[C@H]21. The van der Waals surface area contributed by atoms with Crippen molar-refractivity contribution in [2.45, 2.75) is 18.4 Å². The highest BCUT2D eigenvalue weighted by Gasteiger charge is 2.39. The van der Waals surface area contributed by atoms with Gasteiger partial charge in [0.15, 0.2) is 0 Å². The van der Waals surface area contributed by atoms with E-state index >= 15 is 0 Å². The number of methoxy groups -OCH3 is 1. The Morgan fingerprint density at radius 3 is 3.00 bits per heavy atom. The first-order valence-electron chi connectivity index (χ1n) is 7.84. The molecular formula is C19H18N2O2. The highest BCUT2D eigenvalue weighted by molar-refractivity contribution is 5.97. The molecule has 2 heterocycles. The number of carbonyl (C=O) groups is 1. The average Bonchev–Trinajstić information content (AvgIpc) is 3.10. The summed E-state index contributed by atoms with van der Waals surface area (Å²) in [7, 11) is 1.42. The van der Waals surface area contributed by atoms with Gasteiger partial charge < -0.3 is 10.1 Å². The number of rotatable bonds is 2. The van der Waals surface area contributed by atoms with E-state index in [1.165, 1.54) is 12.7 Å². The molecule has 0 unspecified atom stereocenters. The number of nitrogens with one attached hydrogen (secondary N) is 1. The van der Waals surface area contributed by atoms with Gasteiger partial charge in [-0.15, -0.1) is 0 Å². The Morgan fingerprint density at radius 2 is 2.22 bits per heavy atom. The summed E-state index contributed by atoms with van der Waals surface area (Å²) in [5.74, 6) is 0.459. The number of aromatic nitrogens is 1. The molecule has 1 aromatic carbocycles. The van der Waals surface area contributed by atoms with Crippen molar-refractivity contribution in [2.75, 3.05) is 12.4 Å². The van der Waals surface area contributed by atoms with E-state index in [2.05, 4.69) is 34.6 Å². The Balaban J connectivity index is 1.84. The van der Waals surface area contributed by atoms with Crippen LogP contribution >= 0.6 is 0 Å². The minimum atomic E-state index is -0.306. The lowest BCUT2D eigenvalue weighted by atomic mass is 9.76. The Labute approximate surface area is 135 Å². The number of benzene rings is 1. The summed E-state index contributed by atoms with van der Waals surface area (Å²) in [5, 5.41) is 3.59. The molecule has 1 aliphatic heterocycles. The van der Waals surface area contributed by atoms with Gasteiger partial charge in [-0.25, -0.2) is 4.79 Å². The minimum absolute atomic E-state index is 0.141. The highest BCUT2D eigenvalue weighted by Crippen LogP contribution is 2.50. The average molecular weight is 306 g/mol. The second-order valence-corrected chi connectivity index (χ2v) is 6.02. The zero-order valence-corrected chi connectivity index (χ0v) is 12.9. The molecule has 0 amide bonds. The van der Waals surface area contributed by atoms with Crippen LogP contribution in [0, 0.1) is 5.92 Å². The molecule has 0 saturated heterocycles. The molecule has 3 atom stereocenters. The maximum Gasteiger partial charge on any atom is 0.339 e. The first kappa shape index (κ1) is 14.0. The maximum atomic E-state index is 12.1. The third-order valence-corrected chi connectivity index (χ3v) is 4.85. The molecule has 4 rings (SSSR count). The van der Waals surface area contributed by atoms with Crippen molar-refractivity contribution in [1.82, 2.24) is 4.98 Å². The number of hydrogen-bond acceptors (Lipinski definition) is 4. The summed E-state index contributed by atoms with van der Waals surface area (Å²) >= 11 is 0. The number of fused-ring (bicyclic) bond motifs is 3. The zero-order valence-electron chi connectivity index (χ0n) is 12.9. The molecule has 1 N–H and O–H groups in total. The molecule has 116 valence electrons. The Bertz CT molecular complexity index is 770. The molecule has 1 aliphatic carbocycles. The fourth-order valence-corrected chi connectivity index (χ4v) is 3.79. The predicted molar refractivity (Wildman–Crippen MR) is 88.4 cm³/mol. The van der Waals surface area contributed by atoms with Gasteiger partial charge in [0.1, 0.15) is 0 Å². The Hall–Kier alpha value is -2.62. The molecule has 0 fully saturated rings. The quantitative estimate of drug-likeness (QED) is 0.679. The Morgan fingerprint density at radius 1 is 1.30 bits per heavy atom. The van der Waals surface area contributed by atoms with Crippen molar-refractivity contribution < 1.29 is 9.53 Å². The standard InChI is InChI=1S/C19H18N2O2/c1-23-19(22)16-9-3-8-15-13-6-2-7-14(13)17(21-18(15)16)12-5-4-10-20-11-12/h2-6,8-11,13-14,17,21H,7H2,1H3/t13-,14-,17-/m0/s1. The second-order valence-electron chi connectivity index (χ2n) is 6.02. The molecule has 2 aromatic rings. The summed E-state index contributed by atoms with van der Waals surface area (Å²) in [6, 6.07) is 10.0. The number of anilines is 1. The number of hydrogen-bond donors (Lipinski definition) is 1. The van der Waals surface area contributed by atoms with Gasteiger partial charge in [0.2, 0.25) is 0 Å². The third-order valence-electron chi connectivity index (χ3n) is 4.85. The van der Waals surface area contributed by atoms with Crippen LogP contribution in [0.1, 0.15) is 39.9 Å². The number of pyridine rings is 1. The summed E-state index contributed by atoms with van der Waals surface area (Å²) < 4.78 is 4.95. The molecule has 4 nitrogen and oxygen atoms in total. The van der Waals surface area contributed by atoms with Crippen LogP contribution in [-0.2, 0) is 4.74 Å². The zero-order chi connectivity index (χ0) is 15.8. The highest BCUT2D eigenvalue weighted by atomic mass is 16.5. The predicted octanol–water partition coefficient (Wildman–Crippen LogP) is 3.69. The van der Waals surface area contributed by atoms with Crippen LogP contribution in [0.25, 0.3) is 0 Å². The minimum Gasteiger partial charge on any atom is -0.465 e. The number of allylic oxidation sites excluding steroid dienone is 2. The van der Waals surface area contributed by atoms with Crippen molar-refractivity contribution in [3.05, 3.63) is 71.6 Å². The third kappa shape index (κ3) is 2.22. The molecule has 4 heteroatoms.